The molecule has 178 valence electrons. The van der Waals surface area contributed by atoms with Gasteiger partial charge in [-0.05, 0) is 62.7 Å². The van der Waals surface area contributed by atoms with Crippen LogP contribution in [0, 0.1) is 13.8 Å². The van der Waals surface area contributed by atoms with Crippen molar-refractivity contribution in [1.29, 1.82) is 0 Å². The van der Waals surface area contributed by atoms with Crippen molar-refractivity contribution >= 4 is 58.2 Å². The van der Waals surface area contributed by atoms with Gasteiger partial charge in [0, 0.05) is 11.3 Å². The van der Waals surface area contributed by atoms with E-state index in [9.17, 15) is 24.0 Å². The predicted molar refractivity (Wildman–Crippen MR) is 129 cm³/mol. The van der Waals surface area contributed by atoms with Gasteiger partial charge in [0.15, 0.2) is 12.4 Å². The zero-order valence-corrected chi connectivity index (χ0v) is 20.3. The number of halogens is 2. The topological polar surface area (TPSA) is 114 Å². The first-order valence-corrected chi connectivity index (χ1v) is 11.1. The zero-order chi connectivity index (χ0) is 25.6. The van der Waals surface area contributed by atoms with Crippen LogP contribution in [0.25, 0.3) is 0 Å². The number of anilines is 1. The molecule has 0 bridgehead atoms. The number of aryl methyl sites for hydroxylation is 1. The van der Waals surface area contributed by atoms with Crippen molar-refractivity contribution in [3.05, 3.63) is 85.6 Å². The van der Waals surface area contributed by atoms with Crippen LogP contribution in [0.5, 0.6) is 0 Å². The van der Waals surface area contributed by atoms with Gasteiger partial charge < -0.3 is 9.72 Å². The fourth-order valence-corrected chi connectivity index (χ4v) is 4.36. The van der Waals surface area contributed by atoms with Crippen LogP contribution in [0.15, 0.2) is 36.4 Å². The first-order valence-electron chi connectivity index (χ1n) is 10.4. The number of H-pyrrole nitrogens is 1. The Morgan fingerprint density at radius 1 is 0.943 bits per heavy atom. The van der Waals surface area contributed by atoms with Crippen LogP contribution in [-0.2, 0) is 4.74 Å². The Bertz CT molecular complexity index is 1460. The highest BCUT2D eigenvalue weighted by Gasteiger charge is 2.37. The van der Waals surface area contributed by atoms with Crippen LogP contribution in [0.3, 0.4) is 0 Å². The molecule has 0 fully saturated rings. The molecule has 1 aliphatic heterocycles. The number of hydrogen-bond acceptors (Lipinski definition) is 6. The smallest absolute Gasteiger partial charge is 0.338 e. The van der Waals surface area contributed by atoms with Gasteiger partial charge in [0.25, 0.3) is 11.8 Å². The number of Topliss-reactive ketones (excluding diaryl/α,β-unsaturated/α-hetero) is 2. The maximum atomic E-state index is 12.9. The van der Waals surface area contributed by atoms with Crippen LogP contribution < -0.4 is 4.90 Å². The first kappa shape index (κ1) is 24.4. The SMILES string of the molecule is CC(=O)c1c(C)[nH]c(C(=O)COC(=O)c2ccc3c(c2)C(=O)N(c2ccc(Cl)c(Cl)c2)C3=O)c1C. The van der Waals surface area contributed by atoms with E-state index in [1.807, 2.05) is 0 Å². The average molecular weight is 513 g/mol. The van der Waals surface area contributed by atoms with Crippen molar-refractivity contribution in [3.63, 3.8) is 0 Å². The zero-order valence-electron chi connectivity index (χ0n) is 18.8. The molecule has 2 amide bonds. The molecule has 0 spiro atoms. The predicted octanol–water partition coefficient (Wildman–Crippen LogP) is 4.98. The number of nitrogens with zero attached hydrogens (tertiary/aromatic N) is 1. The molecule has 4 rings (SSSR count). The van der Waals surface area contributed by atoms with Crippen molar-refractivity contribution in [1.82, 2.24) is 4.98 Å². The maximum absolute atomic E-state index is 12.9. The lowest BCUT2D eigenvalue weighted by Crippen LogP contribution is -2.29. The molecule has 2 heterocycles. The number of benzene rings is 2. The number of hydrogen-bond donors (Lipinski definition) is 1. The van der Waals surface area contributed by atoms with E-state index in [4.69, 9.17) is 27.9 Å². The van der Waals surface area contributed by atoms with Gasteiger partial charge in [-0.3, -0.25) is 19.2 Å². The van der Waals surface area contributed by atoms with Crippen molar-refractivity contribution in [3.8, 4) is 0 Å². The Morgan fingerprint density at radius 2 is 1.63 bits per heavy atom. The van der Waals surface area contributed by atoms with E-state index in [0.29, 0.717) is 16.8 Å². The first-order chi connectivity index (χ1) is 16.5. The Hall–Kier alpha value is -3.75. The van der Waals surface area contributed by atoms with Gasteiger partial charge in [-0.25, -0.2) is 9.69 Å². The highest BCUT2D eigenvalue weighted by Crippen LogP contribution is 2.33. The van der Waals surface area contributed by atoms with Crippen molar-refractivity contribution in [2.75, 3.05) is 11.5 Å². The van der Waals surface area contributed by atoms with E-state index in [2.05, 4.69) is 4.98 Å². The molecule has 2 aromatic carbocycles. The second-order valence-electron chi connectivity index (χ2n) is 7.98. The third-order valence-electron chi connectivity index (χ3n) is 5.69. The highest BCUT2D eigenvalue weighted by atomic mass is 35.5. The number of amides is 2. The van der Waals surface area contributed by atoms with E-state index < -0.39 is 30.2 Å². The fraction of sp³-hybridized carbons (Fsp3) is 0.160. The standard InChI is InChI=1S/C25H18Cl2N2O6/c1-11-21(13(3)30)12(2)28-22(11)20(31)10-35-25(34)14-4-6-16-17(8-14)24(33)29(23(16)32)15-5-7-18(26)19(27)9-15/h4-9,28H,10H2,1-3H3. The molecule has 8 nitrogen and oxygen atoms in total. The number of nitrogens with one attached hydrogen (secondary N) is 1. The quantitative estimate of drug-likeness (QED) is 0.283. The van der Waals surface area contributed by atoms with Gasteiger partial charge in [-0.15, -0.1) is 0 Å². The third kappa shape index (κ3) is 4.26. The minimum atomic E-state index is -0.845. The van der Waals surface area contributed by atoms with Crippen LogP contribution >= 0.6 is 23.2 Å². The minimum Gasteiger partial charge on any atom is -0.454 e. The molecule has 0 saturated carbocycles. The van der Waals surface area contributed by atoms with Gasteiger partial charge in [0.05, 0.1) is 38.1 Å². The molecule has 0 radical (unpaired) electrons. The molecule has 35 heavy (non-hydrogen) atoms. The van der Waals surface area contributed by atoms with Crippen LogP contribution in [0.1, 0.15) is 70.1 Å². The lowest BCUT2D eigenvalue weighted by atomic mass is 10.1. The summed E-state index contributed by atoms with van der Waals surface area (Å²) in [5.41, 5.74) is 2.02. The third-order valence-corrected chi connectivity index (χ3v) is 6.43. The number of ether oxygens (including phenoxy) is 1. The molecule has 0 aliphatic carbocycles. The van der Waals surface area contributed by atoms with Crippen molar-refractivity contribution in [2.24, 2.45) is 0 Å². The lowest BCUT2D eigenvalue weighted by molar-refractivity contribution is 0.0473. The van der Waals surface area contributed by atoms with Gasteiger partial charge in [-0.1, -0.05) is 23.2 Å². The Balaban J connectivity index is 1.52. The summed E-state index contributed by atoms with van der Waals surface area (Å²) in [5.74, 6) is -2.74. The summed E-state index contributed by atoms with van der Waals surface area (Å²) >= 11 is 11.9. The highest BCUT2D eigenvalue weighted by molar-refractivity contribution is 6.42. The minimum absolute atomic E-state index is 0.00231. The molecule has 1 aliphatic rings. The molecule has 1 aromatic heterocycles. The summed E-state index contributed by atoms with van der Waals surface area (Å²) in [5, 5.41) is 0.450. The fourth-order valence-electron chi connectivity index (χ4n) is 4.07. The Kier molecular flexibility index (Phi) is 6.36. The summed E-state index contributed by atoms with van der Waals surface area (Å²) in [4.78, 5) is 66.5. The van der Waals surface area contributed by atoms with Gasteiger partial charge in [0.1, 0.15) is 0 Å². The van der Waals surface area contributed by atoms with Gasteiger partial charge >= 0.3 is 5.97 Å². The number of aromatic nitrogens is 1. The summed E-state index contributed by atoms with van der Waals surface area (Å²) in [6.45, 7) is 4.14. The number of carbonyl (C=O) groups excluding carboxylic acids is 5. The Labute approximate surface area is 209 Å². The summed E-state index contributed by atoms with van der Waals surface area (Å²) in [6, 6.07) is 8.29. The number of carbonyl (C=O) groups is 5. The molecular formula is C25H18Cl2N2O6. The Morgan fingerprint density at radius 3 is 2.26 bits per heavy atom. The lowest BCUT2D eigenvalue weighted by Gasteiger charge is -2.14. The molecular weight excluding hydrogens is 495 g/mol. The van der Waals surface area contributed by atoms with E-state index >= 15 is 0 Å². The largest absolute Gasteiger partial charge is 0.454 e. The summed E-state index contributed by atoms with van der Waals surface area (Å²) in [7, 11) is 0. The van der Waals surface area contributed by atoms with Crippen LogP contribution in [0.4, 0.5) is 5.69 Å². The van der Waals surface area contributed by atoms with Gasteiger partial charge in [-0.2, -0.15) is 0 Å². The summed E-state index contributed by atoms with van der Waals surface area (Å²) < 4.78 is 5.14. The monoisotopic (exact) mass is 512 g/mol. The van der Waals surface area contributed by atoms with E-state index in [-0.39, 0.29) is 43.9 Å². The summed E-state index contributed by atoms with van der Waals surface area (Å²) in [6.07, 6.45) is 0. The molecule has 10 heteroatoms. The molecule has 0 unspecified atom stereocenters. The van der Waals surface area contributed by atoms with E-state index in [1.54, 1.807) is 13.8 Å². The molecule has 1 N–H and O–H groups in total. The number of imide groups is 1. The second-order valence-corrected chi connectivity index (χ2v) is 8.80. The normalized spacial score (nSPS) is 12.7. The number of rotatable bonds is 6. The molecule has 0 atom stereocenters. The average Bonchev–Trinajstić information content (AvgIpc) is 3.25. The van der Waals surface area contributed by atoms with E-state index in [0.717, 1.165) is 4.90 Å². The number of fused-ring (bicyclic) bond motifs is 1. The van der Waals surface area contributed by atoms with Crippen LogP contribution in [-0.4, -0.2) is 40.9 Å². The van der Waals surface area contributed by atoms with Gasteiger partial charge in [0.2, 0.25) is 5.78 Å². The number of ketones is 2. The molecule has 0 saturated heterocycles. The van der Waals surface area contributed by atoms with Crippen LogP contribution in [0.2, 0.25) is 10.0 Å². The maximum Gasteiger partial charge on any atom is 0.338 e. The number of esters is 1. The van der Waals surface area contributed by atoms with E-state index in [1.165, 1.54) is 43.3 Å². The molecule has 3 aromatic rings. The second kappa shape index (κ2) is 9.13. The van der Waals surface area contributed by atoms with Crippen molar-refractivity contribution < 1.29 is 28.7 Å². The van der Waals surface area contributed by atoms with Crippen molar-refractivity contribution in [2.45, 2.75) is 20.8 Å². The number of aromatic amines is 1.